The molecule has 0 atom stereocenters. The van der Waals surface area contributed by atoms with Crippen LogP contribution in [0.2, 0.25) is 10.0 Å². The van der Waals surface area contributed by atoms with Gasteiger partial charge in [0.2, 0.25) is 0 Å². The van der Waals surface area contributed by atoms with Crippen LogP contribution < -0.4 is 10.8 Å². The van der Waals surface area contributed by atoms with Crippen molar-refractivity contribution in [3.05, 3.63) is 28.2 Å². The van der Waals surface area contributed by atoms with Gasteiger partial charge in [0.15, 0.2) is 0 Å². The molecule has 0 unspecified atom stereocenters. The van der Waals surface area contributed by atoms with E-state index in [1.807, 2.05) is 12.1 Å². The predicted octanol–water partition coefficient (Wildman–Crippen LogP) is 2.85. The van der Waals surface area contributed by atoms with Crippen LogP contribution in [0.4, 0.5) is 5.69 Å². The highest BCUT2D eigenvalue weighted by Crippen LogP contribution is 2.31. The van der Waals surface area contributed by atoms with E-state index in [1.54, 1.807) is 6.07 Å². The van der Waals surface area contributed by atoms with Crippen LogP contribution in [0.25, 0.3) is 0 Å². The second kappa shape index (κ2) is 5.23. The lowest BCUT2D eigenvalue weighted by atomic mass is 10.1. The highest BCUT2D eigenvalue weighted by atomic mass is 35.5. The zero-order chi connectivity index (χ0) is 11.5. The Labute approximate surface area is 105 Å². The van der Waals surface area contributed by atoms with Gasteiger partial charge in [0.05, 0.1) is 16.8 Å². The minimum Gasteiger partial charge on any atom is -0.370 e. The van der Waals surface area contributed by atoms with Crippen LogP contribution in [0.1, 0.15) is 12.8 Å². The molecule has 0 aliphatic carbocycles. The number of anilines is 1. The van der Waals surface area contributed by atoms with Crippen molar-refractivity contribution >= 4 is 28.9 Å². The minimum atomic E-state index is 0.161. The summed E-state index contributed by atoms with van der Waals surface area (Å²) >= 11 is 12.1. The van der Waals surface area contributed by atoms with Gasteiger partial charge in [-0.25, -0.2) is 5.90 Å². The molecule has 1 saturated heterocycles. The molecule has 1 fully saturated rings. The first-order valence-corrected chi connectivity index (χ1v) is 6.02. The number of hydrogen-bond acceptors (Lipinski definition) is 3. The van der Waals surface area contributed by atoms with Crippen LogP contribution in [0.3, 0.4) is 0 Å². The van der Waals surface area contributed by atoms with Crippen molar-refractivity contribution in [2.75, 3.05) is 18.0 Å². The molecular weight excluding hydrogens is 247 g/mol. The first-order valence-electron chi connectivity index (χ1n) is 5.26. The molecule has 0 amide bonds. The monoisotopic (exact) mass is 260 g/mol. The van der Waals surface area contributed by atoms with E-state index in [1.165, 1.54) is 0 Å². The van der Waals surface area contributed by atoms with Crippen LogP contribution >= 0.6 is 23.2 Å². The number of benzene rings is 1. The van der Waals surface area contributed by atoms with Gasteiger partial charge >= 0.3 is 0 Å². The maximum Gasteiger partial charge on any atom is 0.0821 e. The summed E-state index contributed by atoms with van der Waals surface area (Å²) in [6.07, 6.45) is 1.99. The Bertz CT molecular complexity index is 365. The Balaban J connectivity index is 2.10. The van der Waals surface area contributed by atoms with Gasteiger partial charge in [-0.05, 0) is 31.0 Å². The van der Waals surface area contributed by atoms with Gasteiger partial charge in [-0.2, -0.15) is 0 Å². The van der Waals surface area contributed by atoms with Gasteiger partial charge in [0.25, 0.3) is 0 Å². The molecular formula is C11H14Cl2N2O. The molecule has 16 heavy (non-hydrogen) atoms. The first-order chi connectivity index (χ1) is 7.70. The van der Waals surface area contributed by atoms with E-state index in [0.29, 0.717) is 5.02 Å². The summed E-state index contributed by atoms with van der Waals surface area (Å²) in [5, 5.41) is 1.44. The van der Waals surface area contributed by atoms with Crippen molar-refractivity contribution in [1.82, 2.24) is 0 Å². The van der Waals surface area contributed by atoms with E-state index in [2.05, 4.69) is 4.90 Å². The zero-order valence-electron chi connectivity index (χ0n) is 8.83. The number of nitrogens with zero attached hydrogens (tertiary/aromatic N) is 1. The topological polar surface area (TPSA) is 38.5 Å². The smallest absolute Gasteiger partial charge is 0.0821 e. The van der Waals surface area contributed by atoms with Crippen molar-refractivity contribution in [3.63, 3.8) is 0 Å². The quantitative estimate of drug-likeness (QED) is 0.832. The third-order valence-electron chi connectivity index (χ3n) is 2.88. The summed E-state index contributed by atoms with van der Waals surface area (Å²) in [4.78, 5) is 7.06. The molecule has 0 saturated carbocycles. The summed E-state index contributed by atoms with van der Waals surface area (Å²) in [5.41, 5.74) is 0.990. The summed E-state index contributed by atoms with van der Waals surface area (Å²) in [5.74, 6) is 5.18. The Kier molecular flexibility index (Phi) is 3.92. The lowest BCUT2D eigenvalue weighted by Gasteiger charge is -2.33. The molecule has 5 heteroatoms. The molecule has 1 aliphatic rings. The normalized spacial score (nSPS) is 17.8. The average Bonchev–Trinajstić information content (AvgIpc) is 2.32. The fraction of sp³-hybridized carbons (Fsp3) is 0.455. The van der Waals surface area contributed by atoms with E-state index >= 15 is 0 Å². The largest absolute Gasteiger partial charge is 0.370 e. The molecule has 0 spiro atoms. The molecule has 0 radical (unpaired) electrons. The molecule has 88 valence electrons. The Hall–Kier alpha value is -0.480. The van der Waals surface area contributed by atoms with E-state index in [4.69, 9.17) is 33.9 Å². The fourth-order valence-electron chi connectivity index (χ4n) is 1.96. The molecule has 2 rings (SSSR count). The molecule has 3 nitrogen and oxygen atoms in total. The summed E-state index contributed by atoms with van der Waals surface area (Å²) in [7, 11) is 0. The van der Waals surface area contributed by atoms with Crippen LogP contribution in [-0.2, 0) is 4.84 Å². The van der Waals surface area contributed by atoms with Crippen molar-refractivity contribution in [1.29, 1.82) is 0 Å². The SMILES string of the molecule is NOC1CCN(c2cc(Cl)ccc2Cl)CC1. The van der Waals surface area contributed by atoms with E-state index in [-0.39, 0.29) is 6.10 Å². The van der Waals surface area contributed by atoms with Crippen molar-refractivity contribution in [3.8, 4) is 0 Å². The first kappa shape index (κ1) is 12.0. The van der Waals surface area contributed by atoms with Gasteiger partial charge in [-0.1, -0.05) is 23.2 Å². The Morgan fingerprint density at radius 3 is 2.56 bits per heavy atom. The van der Waals surface area contributed by atoms with Crippen LogP contribution in [0, 0.1) is 0 Å². The second-order valence-electron chi connectivity index (χ2n) is 3.92. The highest BCUT2D eigenvalue weighted by molar-refractivity contribution is 6.35. The number of rotatable bonds is 2. The highest BCUT2D eigenvalue weighted by Gasteiger charge is 2.20. The van der Waals surface area contributed by atoms with Crippen LogP contribution in [-0.4, -0.2) is 19.2 Å². The Morgan fingerprint density at radius 1 is 1.25 bits per heavy atom. The van der Waals surface area contributed by atoms with Gasteiger partial charge in [-0.15, -0.1) is 0 Å². The number of piperidine rings is 1. The van der Waals surface area contributed by atoms with Gasteiger partial charge in [-0.3, -0.25) is 0 Å². The average molecular weight is 261 g/mol. The van der Waals surface area contributed by atoms with Crippen LogP contribution in [0.5, 0.6) is 0 Å². The molecule has 0 bridgehead atoms. The van der Waals surface area contributed by atoms with Crippen molar-refractivity contribution in [2.45, 2.75) is 18.9 Å². The maximum atomic E-state index is 6.14. The predicted molar refractivity (Wildman–Crippen MR) is 67.0 cm³/mol. The molecule has 2 N–H and O–H groups in total. The van der Waals surface area contributed by atoms with Crippen molar-refractivity contribution < 1.29 is 4.84 Å². The lowest BCUT2D eigenvalue weighted by Crippen LogP contribution is -2.38. The summed E-state index contributed by atoms with van der Waals surface area (Å²) in [6, 6.07) is 5.52. The standard InChI is InChI=1S/C11H14Cl2N2O/c12-8-1-2-10(13)11(7-8)15-5-3-9(16-14)4-6-15/h1-2,7,9H,3-6,14H2. The number of hydrogen-bond donors (Lipinski definition) is 1. The minimum absolute atomic E-state index is 0.161. The maximum absolute atomic E-state index is 6.14. The third kappa shape index (κ3) is 2.61. The molecule has 1 heterocycles. The molecule has 0 aromatic heterocycles. The number of nitrogens with two attached hydrogens (primary N) is 1. The molecule has 1 aromatic carbocycles. The molecule has 1 aromatic rings. The van der Waals surface area contributed by atoms with E-state index in [9.17, 15) is 0 Å². The van der Waals surface area contributed by atoms with E-state index < -0.39 is 0 Å². The Morgan fingerprint density at radius 2 is 1.94 bits per heavy atom. The number of halogens is 2. The van der Waals surface area contributed by atoms with Crippen LogP contribution in [0.15, 0.2) is 18.2 Å². The molecule has 1 aliphatic heterocycles. The second-order valence-corrected chi connectivity index (χ2v) is 4.76. The summed E-state index contributed by atoms with van der Waals surface area (Å²) < 4.78 is 0. The zero-order valence-corrected chi connectivity index (χ0v) is 10.3. The third-order valence-corrected chi connectivity index (χ3v) is 3.44. The summed E-state index contributed by atoms with van der Waals surface area (Å²) in [6.45, 7) is 1.78. The van der Waals surface area contributed by atoms with Gasteiger partial charge in [0.1, 0.15) is 0 Å². The lowest BCUT2D eigenvalue weighted by molar-refractivity contribution is 0.0368. The van der Waals surface area contributed by atoms with Gasteiger partial charge in [0, 0.05) is 18.1 Å². The van der Waals surface area contributed by atoms with E-state index in [0.717, 1.165) is 36.6 Å². The van der Waals surface area contributed by atoms with Gasteiger partial charge < -0.3 is 9.74 Å². The van der Waals surface area contributed by atoms with Crippen molar-refractivity contribution in [2.24, 2.45) is 5.90 Å². The fourth-order valence-corrected chi connectivity index (χ4v) is 2.36.